The molecule has 21 heavy (non-hydrogen) atoms. The molecular formula is C16H19F2NO2. The molecule has 0 radical (unpaired) electrons. The fraction of sp³-hybridized carbons (Fsp3) is 0.438. The summed E-state index contributed by atoms with van der Waals surface area (Å²) in [6.45, 7) is 4.73. The van der Waals surface area contributed by atoms with Crippen molar-refractivity contribution >= 4 is 17.7 Å². The van der Waals surface area contributed by atoms with Gasteiger partial charge in [0.15, 0.2) is 0 Å². The maximum absolute atomic E-state index is 14.3. The quantitative estimate of drug-likeness (QED) is 0.861. The topological polar surface area (TPSA) is 40.5 Å². The zero-order valence-corrected chi connectivity index (χ0v) is 12.1. The number of carbonyl (C=O) groups is 1. The van der Waals surface area contributed by atoms with Gasteiger partial charge >= 0.3 is 5.97 Å². The van der Waals surface area contributed by atoms with Gasteiger partial charge in [-0.05, 0) is 42.5 Å². The lowest BCUT2D eigenvalue weighted by Crippen LogP contribution is -2.34. The van der Waals surface area contributed by atoms with Crippen molar-refractivity contribution in [3.8, 4) is 0 Å². The molecule has 1 aliphatic heterocycles. The molecule has 1 fully saturated rings. The number of hydrogen-bond donors (Lipinski definition) is 1. The van der Waals surface area contributed by atoms with Crippen molar-refractivity contribution in [2.24, 2.45) is 5.92 Å². The van der Waals surface area contributed by atoms with Gasteiger partial charge in [-0.25, -0.2) is 13.6 Å². The molecule has 1 heterocycles. The van der Waals surface area contributed by atoms with E-state index in [-0.39, 0.29) is 17.3 Å². The molecule has 1 aromatic carbocycles. The SMILES string of the molecule is CC(C)C1CCCN1c1c(F)cc(C=CC(=O)O)cc1F. The van der Waals surface area contributed by atoms with Gasteiger partial charge in [0.1, 0.15) is 17.3 Å². The van der Waals surface area contributed by atoms with Crippen LogP contribution in [0.5, 0.6) is 0 Å². The molecule has 0 saturated carbocycles. The summed E-state index contributed by atoms with van der Waals surface area (Å²) in [6, 6.07) is 2.48. The predicted octanol–water partition coefficient (Wildman–Crippen LogP) is 3.69. The highest BCUT2D eigenvalue weighted by Gasteiger charge is 2.31. The Kier molecular flexibility index (Phi) is 4.60. The van der Waals surface area contributed by atoms with E-state index in [2.05, 4.69) is 0 Å². The minimum absolute atomic E-state index is 0.00123. The first-order valence-corrected chi connectivity index (χ1v) is 7.07. The van der Waals surface area contributed by atoms with Gasteiger partial charge in [-0.1, -0.05) is 13.8 Å². The van der Waals surface area contributed by atoms with Crippen molar-refractivity contribution in [2.45, 2.75) is 32.7 Å². The first-order valence-electron chi connectivity index (χ1n) is 7.07. The number of aliphatic carboxylic acids is 1. The standard InChI is InChI=1S/C16H19F2NO2/c1-10(2)14-4-3-7-19(14)16-12(17)8-11(9-13(16)18)5-6-15(20)21/h5-6,8-10,14H,3-4,7H2,1-2H3,(H,20,21). The van der Waals surface area contributed by atoms with Crippen LogP contribution in [-0.2, 0) is 4.79 Å². The molecule has 5 heteroatoms. The second kappa shape index (κ2) is 6.24. The number of anilines is 1. The van der Waals surface area contributed by atoms with Crippen LogP contribution in [0.4, 0.5) is 14.5 Å². The van der Waals surface area contributed by atoms with Gasteiger partial charge in [0, 0.05) is 18.7 Å². The monoisotopic (exact) mass is 295 g/mol. The lowest BCUT2D eigenvalue weighted by Gasteiger charge is -2.30. The molecule has 1 aliphatic rings. The Morgan fingerprint density at radius 1 is 1.38 bits per heavy atom. The molecule has 0 spiro atoms. The number of carboxylic acids is 1. The van der Waals surface area contributed by atoms with E-state index in [1.54, 1.807) is 4.90 Å². The van der Waals surface area contributed by atoms with E-state index >= 15 is 0 Å². The van der Waals surface area contributed by atoms with Crippen LogP contribution in [0.15, 0.2) is 18.2 Å². The summed E-state index contributed by atoms with van der Waals surface area (Å²) in [6.07, 6.45) is 3.89. The zero-order chi connectivity index (χ0) is 15.6. The summed E-state index contributed by atoms with van der Waals surface area (Å²) in [5.74, 6) is -2.13. The summed E-state index contributed by atoms with van der Waals surface area (Å²) in [5, 5.41) is 8.55. The summed E-state index contributed by atoms with van der Waals surface area (Å²) in [7, 11) is 0. The predicted molar refractivity (Wildman–Crippen MR) is 78.2 cm³/mol. The third kappa shape index (κ3) is 3.40. The molecule has 1 saturated heterocycles. The van der Waals surface area contributed by atoms with Gasteiger partial charge in [-0.2, -0.15) is 0 Å². The van der Waals surface area contributed by atoms with E-state index < -0.39 is 17.6 Å². The Hall–Kier alpha value is -1.91. The second-order valence-electron chi connectivity index (χ2n) is 5.65. The molecule has 1 unspecified atom stereocenters. The van der Waals surface area contributed by atoms with Gasteiger partial charge < -0.3 is 10.0 Å². The first kappa shape index (κ1) is 15.5. The Bertz CT molecular complexity index is 546. The smallest absolute Gasteiger partial charge is 0.328 e. The molecule has 0 bridgehead atoms. The van der Waals surface area contributed by atoms with E-state index in [1.165, 1.54) is 18.2 Å². The van der Waals surface area contributed by atoms with Crippen molar-refractivity contribution in [3.05, 3.63) is 35.4 Å². The molecular weight excluding hydrogens is 276 g/mol. The van der Waals surface area contributed by atoms with Crippen LogP contribution in [-0.4, -0.2) is 23.7 Å². The fourth-order valence-electron chi connectivity index (χ4n) is 2.89. The number of halogens is 2. The zero-order valence-electron chi connectivity index (χ0n) is 12.1. The summed E-state index contributed by atoms with van der Waals surface area (Å²) in [5.41, 5.74) is 0.204. The number of nitrogens with zero attached hydrogens (tertiary/aromatic N) is 1. The molecule has 1 atom stereocenters. The highest BCUT2D eigenvalue weighted by atomic mass is 19.1. The highest BCUT2D eigenvalue weighted by Crippen LogP contribution is 2.34. The molecule has 1 N–H and O–H groups in total. The first-order chi connectivity index (χ1) is 9.90. The molecule has 0 amide bonds. The van der Waals surface area contributed by atoms with Crippen LogP contribution in [0, 0.1) is 17.6 Å². The number of benzene rings is 1. The minimum Gasteiger partial charge on any atom is -0.478 e. The van der Waals surface area contributed by atoms with E-state index in [9.17, 15) is 13.6 Å². The molecule has 3 nitrogen and oxygen atoms in total. The average Bonchev–Trinajstić information content (AvgIpc) is 2.84. The van der Waals surface area contributed by atoms with E-state index in [0.29, 0.717) is 12.5 Å². The van der Waals surface area contributed by atoms with Crippen LogP contribution < -0.4 is 4.90 Å². The largest absolute Gasteiger partial charge is 0.478 e. The molecule has 1 aromatic rings. The minimum atomic E-state index is -1.15. The Morgan fingerprint density at radius 3 is 2.52 bits per heavy atom. The number of rotatable bonds is 4. The lowest BCUT2D eigenvalue weighted by molar-refractivity contribution is -0.131. The third-order valence-electron chi connectivity index (χ3n) is 3.81. The van der Waals surface area contributed by atoms with E-state index in [0.717, 1.165) is 18.9 Å². The van der Waals surface area contributed by atoms with Crippen molar-refractivity contribution in [1.82, 2.24) is 0 Å². The molecule has 114 valence electrons. The van der Waals surface area contributed by atoms with E-state index in [1.807, 2.05) is 13.8 Å². The van der Waals surface area contributed by atoms with Crippen molar-refractivity contribution in [2.75, 3.05) is 11.4 Å². The van der Waals surface area contributed by atoms with Crippen LogP contribution >= 0.6 is 0 Å². The van der Waals surface area contributed by atoms with Crippen molar-refractivity contribution in [1.29, 1.82) is 0 Å². The van der Waals surface area contributed by atoms with Crippen LogP contribution in [0.2, 0.25) is 0 Å². The summed E-state index contributed by atoms with van der Waals surface area (Å²) >= 11 is 0. The van der Waals surface area contributed by atoms with Gasteiger partial charge in [0.2, 0.25) is 0 Å². The second-order valence-corrected chi connectivity index (χ2v) is 5.65. The maximum Gasteiger partial charge on any atom is 0.328 e. The average molecular weight is 295 g/mol. The van der Waals surface area contributed by atoms with Crippen LogP contribution in [0.3, 0.4) is 0 Å². The van der Waals surface area contributed by atoms with Crippen LogP contribution in [0.1, 0.15) is 32.3 Å². The third-order valence-corrected chi connectivity index (χ3v) is 3.81. The van der Waals surface area contributed by atoms with Crippen molar-refractivity contribution < 1.29 is 18.7 Å². The normalized spacial score (nSPS) is 18.9. The van der Waals surface area contributed by atoms with Gasteiger partial charge in [0.05, 0.1) is 0 Å². The van der Waals surface area contributed by atoms with Gasteiger partial charge in [0.25, 0.3) is 0 Å². The van der Waals surface area contributed by atoms with Crippen LogP contribution in [0.25, 0.3) is 6.08 Å². The Morgan fingerprint density at radius 2 is 2.00 bits per heavy atom. The maximum atomic E-state index is 14.3. The summed E-state index contributed by atoms with van der Waals surface area (Å²) in [4.78, 5) is 12.2. The van der Waals surface area contributed by atoms with Crippen molar-refractivity contribution in [3.63, 3.8) is 0 Å². The van der Waals surface area contributed by atoms with E-state index in [4.69, 9.17) is 5.11 Å². The molecule has 0 aromatic heterocycles. The summed E-state index contributed by atoms with van der Waals surface area (Å²) < 4.78 is 28.5. The van der Waals surface area contributed by atoms with Gasteiger partial charge in [-0.3, -0.25) is 0 Å². The molecule has 0 aliphatic carbocycles. The lowest BCUT2D eigenvalue weighted by atomic mass is 10.0. The Labute approximate surface area is 122 Å². The van der Waals surface area contributed by atoms with Gasteiger partial charge in [-0.15, -0.1) is 0 Å². The fourth-order valence-corrected chi connectivity index (χ4v) is 2.89. The highest BCUT2D eigenvalue weighted by molar-refractivity contribution is 5.85. The number of hydrogen-bond acceptors (Lipinski definition) is 2. The molecule has 2 rings (SSSR count). The number of carboxylic acid groups (broad SMARTS) is 1. The Balaban J connectivity index is 2.35.